The second kappa shape index (κ2) is 3.59. The molecule has 3 nitrogen and oxygen atoms in total. The van der Waals surface area contributed by atoms with Crippen molar-refractivity contribution in [2.75, 3.05) is 6.79 Å². The Morgan fingerprint density at radius 2 is 2.29 bits per heavy atom. The third kappa shape index (κ3) is 1.61. The molecule has 0 aliphatic carbocycles. The van der Waals surface area contributed by atoms with Crippen LogP contribution in [0.3, 0.4) is 0 Å². The highest BCUT2D eigenvalue weighted by molar-refractivity contribution is 6.31. The number of hydrogen-bond acceptors (Lipinski definition) is 3. The Labute approximate surface area is 86.6 Å². The molecule has 0 atom stereocenters. The molecule has 4 heteroatoms. The Kier molecular flexibility index (Phi) is 2.44. The van der Waals surface area contributed by atoms with Crippen LogP contribution in [-0.2, 0) is 11.3 Å². The Hall–Kier alpha value is -1.06. The number of carbonyl (C=O) groups excluding carboxylic acids is 1. The molecule has 0 fully saturated rings. The van der Waals surface area contributed by atoms with Crippen LogP contribution in [0.15, 0.2) is 12.1 Å². The Bertz CT molecular complexity index is 387. The molecule has 2 rings (SSSR count). The molecule has 0 unspecified atom stereocenters. The lowest BCUT2D eigenvalue weighted by Gasteiger charge is -2.19. The molecule has 0 saturated carbocycles. The van der Waals surface area contributed by atoms with E-state index in [9.17, 15) is 4.79 Å². The van der Waals surface area contributed by atoms with Gasteiger partial charge in [-0.25, -0.2) is 0 Å². The minimum Gasteiger partial charge on any atom is -0.466 e. The first-order valence-corrected chi connectivity index (χ1v) is 4.60. The Morgan fingerprint density at radius 1 is 1.50 bits per heavy atom. The van der Waals surface area contributed by atoms with E-state index in [0.29, 0.717) is 22.9 Å². The molecule has 1 heterocycles. The lowest BCUT2D eigenvalue weighted by atomic mass is 10.1. The number of carbonyl (C=O) groups is 1. The molecular weight excluding hydrogens is 204 g/mol. The van der Waals surface area contributed by atoms with E-state index < -0.39 is 0 Å². The molecule has 14 heavy (non-hydrogen) atoms. The molecular formula is C10H9ClO3. The van der Waals surface area contributed by atoms with Crippen molar-refractivity contribution < 1.29 is 14.3 Å². The van der Waals surface area contributed by atoms with E-state index >= 15 is 0 Å². The zero-order chi connectivity index (χ0) is 10.1. The Balaban J connectivity index is 2.58. The van der Waals surface area contributed by atoms with Gasteiger partial charge in [0.2, 0.25) is 0 Å². The van der Waals surface area contributed by atoms with Crippen molar-refractivity contribution in [3.05, 3.63) is 28.3 Å². The average Bonchev–Trinajstić information content (AvgIpc) is 2.16. The molecule has 0 amide bonds. The standard InChI is InChI=1S/C10H9ClO3/c1-6(12)9-3-8(11)2-7-4-13-5-14-10(7)9/h2-3H,4-5H2,1H3. The molecule has 74 valence electrons. The number of halogens is 1. The van der Waals surface area contributed by atoms with Crippen molar-refractivity contribution >= 4 is 17.4 Å². The molecule has 1 aliphatic rings. The van der Waals surface area contributed by atoms with Gasteiger partial charge in [0.15, 0.2) is 12.6 Å². The topological polar surface area (TPSA) is 35.5 Å². The van der Waals surface area contributed by atoms with Crippen molar-refractivity contribution in [2.24, 2.45) is 0 Å². The molecule has 1 aliphatic heterocycles. The predicted molar refractivity (Wildman–Crippen MR) is 51.7 cm³/mol. The van der Waals surface area contributed by atoms with Gasteiger partial charge in [-0.05, 0) is 19.1 Å². The number of rotatable bonds is 1. The molecule has 0 radical (unpaired) electrons. The van der Waals surface area contributed by atoms with Crippen molar-refractivity contribution in [3.63, 3.8) is 0 Å². The van der Waals surface area contributed by atoms with Crippen molar-refractivity contribution in [1.82, 2.24) is 0 Å². The van der Waals surface area contributed by atoms with Gasteiger partial charge in [0.25, 0.3) is 0 Å². The normalized spacial score (nSPS) is 14.4. The fraction of sp³-hybridized carbons (Fsp3) is 0.300. The third-order valence-electron chi connectivity index (χ3n) is 2.05. The van der Waals surface area contributed by atoms with Gasteiger partial charge >= 0.3 is 0 Å². The van der Waals surface area contributed by atoms with Crippen LogP contribution >= 0.6 is 11.6 Å². The van der Waals surface area contributed by atoms with E-state index in [0.717, 1.165) is 5.56 Å². The fourth-order valence-corrected chi connectivity index (χ4v) is 1.68. The number of Topliss-reactive ketones (excluding diaryl/α,β-unsaturated/α-hetero) is 1. The SMILES string of the molecule is CC(=O)c1cc(Cl)cc2c1OCOC2. The third-order valence-corrected chi connectivity index (χ3v) is 2.27. The highest BCUT2D eigenvalue weighted by atomic mass is 35.5. The van der Waals surface area contributed by atoms with E-state index in [1.807, 2.05) is 0 Å². The second-order valence-corrected chi connectivity index (χ2v) is 3.54. The van der Waals surface area contributed by atoms with Crippen molar-refractivity contribution in [2.45, 2.75) is 13.5 Å². The van der Waals surface area contributed by atoms with Gasteiger partial charge in [0.05, 0.1) is 12.2 Å². The highest BCUT2D eigenvalue weighted by Crippen LogP contribution is 2.31. The van der Waals surface area contributed by atoms with Crippen LogP contribution in [-0.4, -0.2) is 12.6 Å². The van der Waals surface area contributed by atoms with Crippen LogP contribution in [0, 0.1) is 0 Å². The van der Waals surface area contributed by atoms with Gasteiger partial charge in [0, 0.05) is 10.6 Å². The lowest BCUT2D eigenvalue weighted by Crippen LogP contribution is -2.14. The zero-order valence-corrected chi connectivity index (χ0v) is 8.43. The second-order valence-electron chi connectivity index (χ2n) is 3.11. The van der Waals surface area contributed by atoms with Crippen LogP contribution < -0.4 is 4.74 Å². The van der Waals surface area contributed by atoms with E-state index in [2.05, 4.69) is 0 Å². The van der Waals surface area contributed by atoms with Crippen LogP contribution in [0.1, 0.15) is 22.8 Å². The summed E-state index contributed by atoms with van der Waals surface area (Å²) in [5.74, 6) is 0.554. The summed E-state index contributed by atoms with van der Waals surface area (Å²) in [6.45, 7) is 2.12. The summed E-state index contributed by atoms with van der Waals surface area (Å²) < 4.78 is 10.4. The molecule has 0 N–H and O–H groups in total. The highest BCUT2D eigenvalue weighted by Gasteiger charge is 2.18. The first kappa shape index (κ1) is 9.49. The van der Waals surface area contributed by atoms with E-state index in [1.54, 1.807) is 12.1 Å². The summed E-state index contributed by atoms with van der Waals surface area (Å²) in [6.07, 6.45) is 0. The average molecular weight is 213 g/mol. The quantitative estimate of drug-likeness (QED) is 0.671. The van der Waals surface area contributed by atoms with Gasteiger partial charge in [-0.3, -0.25) is 4.79 Å². The minimum absolute atomic E-state index is 0.0503. The first-order valence-electron chi connectivity index (χ1n) is 4.22. The van der Waals surface area contributed by atoms with Gasteiger partial charge in [0.1, 0.15) is 5.75 Å². The number of hydrogen-bond donors (Lipinski definition) is 0. The smallest absolute Gasteiger partial charge is 0.189 e. The van der Waals surface area contributed by atoms with Crippen LogP contribution in [0.5, 0.6) is 5.75 Å². The molecule has 0 bridgehead atoms. The van der Waals surface area contributed by atoms with E-state index in [1.165, 1.54) is 6.92 Å². The zero-order valence-electron chi connectivity index (χ0n) is 7.67. The first-order chi connectivity index (χ1) is 6.68. The minimum atomic E-state index is -0.0503. The van der Waals surface area contributed by atoms with Crippen LogP contribution in [0.2, 0.25) is 5.02 Å². The van der Waals surface area contributed by atoms with Gasteiger partial charge < -0.3 is 9.47 Å². The van der Waals surface area contributed by atoms with Crippen molar-refractivity contribution in [3.8, 4) is 5.75 Å². The molecule has 0 aromatic heterocycles. The maximum Gasteiger partial charge on any atom is 0.189 e. The maximum absolute atomic E-state index is 11.3. The van der Waals surface area contributed by atoms with Gasteiger partial charge in [-0.1, -0.05) is 11.6 Å². The summed E-state index contributed by atoms with van der Waals surface area (Å²) in [4.78, 5) is 11.3. The summed E-state index contributed by atoms with van der Waals surface area (Å²) >= 11 is 5.86. The van der Waals surface area contributed by atoms with Crippen LogP contribution in [0.25, 0.3) is 0 Å². The van der Waals surface area contributed by atoms with Crippen LogP contribution in [0.4, 0.5) is 0 Å². The molecule has 0 spiro atoms. The number of fused-ring (bicyclic) bond motifs is 1. The number of ketones is 1. The summed E-state index contributed by atoms with van der Waals surface area (Å²) in [7, 11) is 0. The molecule has 1 aromatic carbocycles. The lowest BCUT2D eigenvalue weighted by molar-refractivity contribution is -0.0167. The fourth-order valence-electron chi connectivity index (χ4n) is 1.44. The number of benzene rings is 1. The largest absolute Gasteiger partial charge is 0.466 e. The molecule has 0 saturated heterocycles. The number of ether oxygens (including phenoxy) is 2. The van der Waals surface area contributed by atoms with Gasteiger partial charge in [-0.2, -0.15) is 0 Å². The summed E-state index contributed by atoms with van der Waals surface area (Å²) in [5.41, 5.74) is 1.35. The summed E-state index contributed by atoms with van der Waals surface area (Å²) in [6, 6.07) is 3.37. The molecule has 1 aromatic rings. The van der Waals surface area contributed by atoms with E-state index in [-0.39, 0.29) is 12.6 Å². The van der Waals surface area contributed by atoms with Gasteiger partial charge in [-0.15, -0.1) is 0 Å². The predicted octanol–water partition coefficient (Wildman–Crippen LogP) is 2.41. The maximum atomic E-state index is 11.3. The monoisotopic (exact) mass is 212 g/mol. The van der Waals surface area contributed by atoms with Crippen molar-refractivity contribution in [1.29, 1.82) is 0 Å². The van der Waals surface area contributed by atoms with E-state index in [4.69, 9.17) is 21.1 Å². The summed E-state index contributed by atoms with van der Waals surface area (Å²) in [5, 5.41) is 0.531. The Morgan fingerprint density at radius 3 is 3.00 bits per heavy atom.